The van der Waals surface area contributed by atoms with Crippen molar-refractivity contribution in [1.82, 2.24) is 4.98 Å². The van der Waals surface area contributed by atoms with Gasteiger partial charge in [0.1, 0.15) is 0 Å². The molecule has 2 aliphatic heterocycles. The molecule has 6 nitrogen and oxygen atoms in total. The number of amides is 2. The number of Topliss-reactive ketones (excluding diaryl/α,β-unsaturated/α-hetero) is 1. The number of anilines is 3. The summed E-state index contributed by atoms with van der Waals surface area (Å²) < 4.78 is 38.6. The molecule has 0 spiro atoms. The van der Waals surface area contributed by atoms with Crippen LogP contribution >= 0.6 is 0 Å². The topological polar surface area (TPSA) is 65.5 Å². The average molecular weight is 430 g/mol. The van der Waals surface area contributed by atoms with Gasteiger partial charge < -0.3 is 0 Å². The van der Waals surface area contributed by atoms with Crippen LogP contribution in [0.3, 0.4) is 0 Å². The van der Waals surface area contributed by atoms with Gasteiger partial charge in [0.15, 0.2) is 0 Å². The van der Waals surface area contributed by atoms with Crippen molar-refractivity contribution in [3.8, 4) is 0 Å². The number of aromatic nitrogens is 1. The molecule has 162 valence electrons. The predicted octanol–water partition coefficient (Wildman–Crippen LogP) is 4.13. The molecule has 4 heterocycles. The van der Waals surface area contributed by atoms with Crippen molar-refractivity contribution in [1.29, 1.82) is 0 Å². The summed E-state index contributed by atoms with van der Waals surface area (Å²) in [5.41, 5.74) is 2.33. The first-order valence-corrected chi connectivity index (χ1v) is 10.2. The maximum atomic E-state index is 13.1. The first-order chi connectivity index (χ1) is 14.6. The van der Waals surface area contributed by atoms with Crippen molar-refractivity contribution in [2.24, 2.45) is 5.92 Å². The first-order valence-electron chi connectivity index (χ1n) is 10.2. The molecule has 2 amide bonds. The minimum atomic E-state index is -4.45. The summed E-state index contributed by atoms with van der Waals surface area (Å²) in [5.74, 6) is -0.268. The van der Waals surface area contributed by atoms with Crippen LogP contribution in [0.4, 0.5) is 35.1 Å². The molecule has 10 heteroatoms. The second-order valence-corrected chi connectivity index (χ2v) is 8.16. The van der Waals surface area contributed by atoms with Crippen molar-refractivity contribution < 1.29 is 22.8 Å². The molecule has 2 aromatic rings. The van der Waals surface area contributed by atoms with E-state index in [1.54, 1.807) is 19.0 Å². The molecule has 0 radical (unpaired) electrons. The molecule has 0 aromatic carbocycles. The molecular weight excluding hydrogens is 408 g/mol. The van der Waals surface area contributed by atoms with E-state index in [2.05, 4.69) is 15.2 Å². The Bertz CT molecular complexity index is 1010. The van der Waals surface area contributed by atoms with Gasteiger partial charge in [-0.3, -0.25) is 0 Å². The van der Waals surface area contributed by atoms with Crippen LogP contribution in [0.2, 0.25) is 0 Å². The molecular formula is C21H22BF3N4O2. The van der Waals surface area contributed by atoms with Gasteiger partial charge in [-0.05, 0) is 0 Å². The van der Waals surface area contributed by atoms with E-state index in [0.717, 1.165) is 25.5 Å². The fourth-order valence-corrected chi connectivity index (χ4v) is 3.95. The van der Waals surface area contributed by atoms with Crippen LogP contribution in [0.15, 0.2) is 30.2 Å². The van der Waals surface area contributed by atoms with Gasteiger partial charge in [-0.1, -0.05) is 0 Å². The molecule has 1 saturated heterocycles. The predicted molar refractivity (Wildman–Crippen MR) is 113 cm³/mol. The monoisotopic (exact) mass is 430 g/mol. The molecule has 0 saturated carbocycles. The second-order valence-electron chi connectivity index (χ2n) is 8.16. The van der Waals surface area contributed by atoms with E-state index in [1.807, 2.05) is 19.0 Å². The Morgan fingerprint density at radius 2 is 2.06 bits per heavy atom. The van der Waals surface area contributed by atoms with Crippen molar-refractivity contribution in [3.05, 3.63) is 41.5 Å². The fraction of sp³-hybridized carbons (Fsp3) is 0.429. The molecule has 1 N–H and O–H groups in total. The van der Waals surface area contributed by atoms with Crippen molar-refractivity contribution >= 4 is 35.8 Å². The molecule has 2 aliphatic rings. The van der Waals surface area contributed by atoms with Crippen LogP contribution in [0.25, 0.3) is 0 Å². The number of halogens is 3. The molecule has 2 atom stereocenters. The summed E-state index contributed by atoms with van der Waals surface area (Å²) in [6.07, 6.45) is -4.39. The summed E-state index contributed by atoms with van der Waals surface area (Å²) in [4.78, 5) is 33.5. The number of nitrogens with one attached hydrogen (secondary N) is 1. The number of alkyl halides is 3. The molecule has 31 heavy (non-hydrogen) atoms. The third kappa shape index (κ3) is 4.29. The second kappa shape index (κ2) is 7.98. The van der Waals surface area contributed by atoms with Crippen molar-refractivity contribution in [2.45, 2.75) is 38.9 Å². The van der Waals surface area contributed by atoms with Gasteiger partial charge in [0.05, 0.1) is 0 Å². The van der Waals surface area contributed by atoms with Crippen LogP contribution < -0.4 is 15.1 Å². The van der Waals surface area contributed by atoms with E-state index in [0.29, 0.717) is 23.6 Å². The van der Waals surface area contributed by atoms with E-state index >= 15 is 0 Å². The van der Waals surface area contributed by atoms with E-state index in [4.69, 9.17) is 0 Å². The number of fused-ring (bicyclic) bond motifs is 4. The molecule has 4 rings (SSSR count). The molecule has 0 aliphatic carbocycles. The summed E-state index contributed by atoms with van der Waals surface area (Å²) in [5, 5.41) is 2.86. The van der Waals surface area contributed by atoms with Gasteiger partial charge in [-0.2, -0.15) is 0 Å². The quantitative estimate of drug-likeness (QED) is 0.741. The van der Waals surface area contributed by atoms with E-state index < -0.39 is 24.3 Å². The summed E-state index contributed by atoms with van der Waals surface area (Å²) >= 11 is 0. The van der Waals surface area contributed by atoms with E-state index in [1.165, 1.54) is 11.0 Å². The SMILES string of the molecule is Cc1cbc(NC(=O)N2c3nc(C(=O)C[C@H](C)C(F)(F)F)ccc3N3CC[C@H]2C3)cc1. The molecule has 2 bridgehead atoms. The van der Waals surface area contributed by atoms with Crippen LogP contribution in [0, 0.1) is 12.8 Å². The van der Waals surface area contributed by atoms with Gasteiger partial charge in [0.25, 0.3) is 0 Å². The number of aryl methyl sites for hydroxylation is 1. The Kier molecular flexibility index (Phi) is 5.49. The van der Waals surface area contributed by atoms with Crippen molar-refractivity contribution in [2.75, 3.05) is 28.2 Å². The summed E-state index contributed by atoms with van der Waals surface area (Å²) in [6, 6.07) is 6.29. The van der Waals surface area contributed by atoms with Gasteiger partial charge in [-0.15, -0.1) is 0 Å². The Morgan fingerprint density at radius 3 is 2.74 bits per heavy atom. The number of carbonyl (C=O) groups is 2. The van der Waals surface area contributed by atoms with Gasteiger partial charge in [-0.25, -0.2) is 0 Å². The van der Waals surface area contributed by atoms with Gasteiger partial charge in [0, 0.05) is 0 Å². The zero-order valence-electron chi connectivity index (χ0n) is 17.2. The Morgan fingerprint density at radius 1 is 1.29 bits per heavy atom. The average Bonchev–Trinajstić information content (AvgIpc) is 3.13. The van der Waals surface area contributed by atoms with E-state index in [9.17, 15) is 22.8 Å². The standard InChI is InChI=1S/C21H22BF3N4O2/c1-12-3-6-18(22-10-12)27-20(31)29-14-7-8-28(11-14)16-5-4-15(26-19(16)29)17(30)9-13(2)21(23,24)25/h3-6,10,13-14H,7-9,11H2,1-2H3,(H,27,31)/t13-,14-/m0/s1. The Labute approximate surface area is 178 Å². The zero-order chi connectivity index (χ0) is 22.3. The third-order valence-corrected chi connectivity index (χ3v) is 5.81. The van der Waals surface area contributed by atoms with E-state index in [-0.39, 0.29) is 17.8 Å². The number of hydrogen-bond acceptors (Lipinski definition) is 4. The number of urea groups is 1. The number of nitrogens with zero attached hydrogens (tertiary/aromatic N) is 3. The van der Waals surface area contributed by atoms with Gasteiger partial charge in [0.2, 0.25) is 0 Å². The number of ketones is 1. The molecule has 2 aromatic heterocycles. The fourth-order valence-electron chi connectivity index (χ4n) is 3.95. The Balaban J connectivity index is 1.62. The summed E-state index contributed by atoms with van der Waals surface area (Å²) in [7, 11) is 0. The Hall–Kier alpha value is -2.91. The number of carbonyl (C=O) groups excluding carboxylic acids is 2. The van der Waals surface area contributed by atoms with Crippen LogP contribution in [-0.2, 0) is 0 Å². The first kappa shape index (κ1) is 21.3. The van der Waals surface area contributed by atoms with Crippen LogP contribution in [-0.4, -0.2) is 49.0 Å². The maximum absolute atomic E-state index is 13.1. The third-order valence-electron chi connectivity index (χ3n) is 5.81. The van der Waals surface area contributed by atoms with Crippen molar-refractivity contribution in [3.63, 3.8) is 0 Å². The molecule has 0 unspecified atom stereocenters. The number of hydrogen-bond donors (Lipinski definition) is 1. The van der Waals surface area contributed by atoms with Crippen LogP contribution in [0.5, 0.6) is 0 Å². The molecule has 1 fully saturated rings. The van der Waals surface area contributed by atoms with Crippen LogP contribution in [0.1, 0.15) is 35.8 Å². The summed E-state index contributed by atoms with van der Waals surface area (Å²) in [6.45, 7) is 6.11. The van der Waals surface area contributed by atoms with Gasteiger partial charge >= 0.3 is 178 Å². The number of rotatable bonds is 4. The number of pyridine rings is 1. The normalized spacial score (nSPS) is 18.4. The zero-order valence-corrected chi connectivity index (χ0v) is 17.2. The minimum absolute atomic E-state index is 0.0644.